The van der Waals surface area contributed by atoms with E-state index in [0.717, 1.165) is 42.2 Å². The molecule has 136 valence electrons. The SMILES string of the molecule is FC(F)(F)c1ccccc1CNc1nc(N2CCCC2)nc2ccsc12. The number of thiophene rings is 1. The van der Waals surface area contributed by atoms with Crippen molar-refractivity contribution < 1.29 is 13.2 Å². The van der Waals surface area contributed by atoms with Crippen molar-refractivity contribution in [3.63, 3.8) is 0 Å². The molecule has 0 saturated carbocycles. The van der Waals surface area contributed by atoms with Gasteiger partial charge in [-0.2, -0.15) is 18.2 Å². The largest absolute Gasteiger partial charge is 0.416 e. The van der Waals surface area contributed by atoms with Gasteiger partial charge >= 0.3 is 6.18 Å². The van der Waals surface area contributed by atoms with Crippen LogP contribution in [-0.2, 0) is 12.7 Å². The van der Waals surface area contributed by atoms with E-state index in [-0.39, 0.29) is 12.1 Å². The summed E-state index contributed by atoms with van der Waals surface area (Å²) in [6.07, 6.45) is -2.16. The van der Waals surface area contributed by atoms with Crippen LogP contribution < -0.4 is 10.2 Å². The zero-order valence-electron chi connectivity index (χ0n) is 13.9. The second-order valence-electron chi connectivity index (χ2n) is 6.21. The topological polar surface area (TPSA) is 41.1 Å². The zero-order valence-corrected chi connectivity index (χ0v) is 14.7. The number of nitrogens with one attached hydrogen (secondary N) is 1. The highest BCUT2D eigenvalue weighted by Crippen LogP contribution is 2.33. The number of halogens is 3. The smallest absolute Gasteiger partial charge is 0.365 e. The summed E-state index contributed by atoms with van der Waals surface area (Å²) in [6.45, 7) is 1.87. The molecule has 1 aliphatic rings. The summed E-state index contributed by atoms with van der Waals surface area (Å²) < 4.78 is 40.4. The fraction of sp³-hybridized carbons (Fsp3) is 0.333. The normalized spacial score (nSPS) is 15.0. The molecular weight excluding hydrogens is 361 g/mol. The first-order valence-electron chi connectivity index (χ1n) is 8.41. The van der Waals surface area contributed by atoms with E-state index in [1.165, 1.54) is 23.5 Å². The number of fused-ring (bicyclic) bond motifs is 1. The molecule has 1 saturated heterocycles. The van der Waals surface area contributed by atoms with Gasteiger partial charge in [0.25, 0.3) is 0 Å². The van der Waals surface area contributed by atoms with Gasteiger partial charge < -0.3 is 10.2 Å². The van der Waals surface area contributed by atoms with Gasteiger partial charge in [-0.1, -0.05) is 18.2 Å². The van der Waals surface area contributed by atoms with Gasteiger partial charge in [-0.3, -0.25) is 0 Å². The number of anilines is 2. The number of rotatable bonds is 4. The lowest BCUT2D eigenvalue weighted by Crippen LogP contribution is -2.21. The minimum Gasteiger partial charge on any atom is -0.365 e. The van der Waals surface area contributed by atoms with Gasteiger partial charge in [0, 0.05) is 19.6 Å². The van der Waals surface area contributed by atoms with Crippen LogP contribution in [-0.4, -0.2) is 23.1 Å². The van der Waals surface area contributed by atoms with Crippen LogP contribution >= 0.6 is 11.3 Å². The summed E-state index contributed by atoms with van der Waals surface area (Å²) in [6, 6.07) is 7.52. The molecule has 4 nitrogen and oxygen atoms in total. The summed E-state index contributed by atoms with van der Waals surface area (Å²) >= 11 is 1.48. The molecule has 1 fully saturated rings. The molecule has 1 N–H and O–H groups in total. The van der Waals surface area contributed by atoms with Crippen LogP contribution in [0.4, 0.5) is 24.9 Å². The third kappa shape index (κ3) is 3.33. The van der Waals surface area contributed by atoms with E-state index >= 15 is 0 Å². The molecule has 1 aliphatic heterocycles. The quantitative estimate of drug-likeness (QED) is 0.699. The highest BCUT2D eigenvalue weighted by molar-refractivity contribution is 7.17. The predicted molar refractivity (Wildman–Crippen MR) is 97.6 cm³/mol. The highest BCUT2D eigenvalue weighted by Gasteiger charge is 2.32. The molecule has 3 heterocycles. The fourth-order valence-corrected chi connectivity index (χ4v) is 3.96. The monoisotopic (exact) mass is 378 g/mol. The van der Waals surface area contributed by atoms with Crippen LogP contribution in [0, 0.1) is 0 Å². The van der Waals surface area contributed by atoms with E-state index in [9.17, 15) is 13.2 Å². The maximum Gasteiger partial charge on any atom is 0.416 e. The van der Waals surface area contributed by atoms with Gasteiger partial charge in [-0.15, -0.1) is 11.3 Å². The van der Waals surface area contributed by atoms with Gasteiger partial charge in [-0.05, 0) is 35.9 Å². The second-order valence-corrected chi connectivity index (χ2v) is 7.13. The predicted octanol–water partition coefficient (Wildman–Crippen LogP) is 4.92. The third-order valence-electron chi connectivity index (χ3n) is 4.45. The van der Waals surface area contributed by atoms with Crippen LogP contribution in [0.1, 0.15) is 24.0 Å². The fourth-order valence-electron chi connectivity index (χ4n) is 3.16. The van der Waals surface area contributed by atoms with Crippen molar-refractivity contribution in [2.24, 2.45) is 0 Å². The minimum absolute atomic E-state index is 0.0547. The van der Waals surface area contributed by atoms with Crippen LogP contribution in [0.5, 0.6) is 0 Å². The van der Waals surface area contributed by atoms with Gasteiger partial charge in [-0.25, -0.2) is 4.98 Å². The van der Waals surface area contributed by atoms with E-state index in [1.54, 1.807) is 6.07 Å². The Hall–Kier alpha value is -2.35. The van der Waals surface area contributed by atoms with E-state index in [1.807, 2.05) is 11.4 Å². The molecule has 0 atom stereocenters. The molecule has 0 spiro atoms. The number of nitrogens with zero attached hydrogens (tertiary/aromatic N) is 3. The van der Waals surface area contributed by atoms with Gasteiger partial charge in [0.05, 0.1) is 15.8 Å². The zero-order chi connectivity index (χ0) is 18.1. The lowest BCUT2D eigenvalue weighted by Gasteiger charge is -2.17. The van der Waals surface area contributed by atoms with Gasteiger partial charge in [0.15, 0.2) is 0 Å². The van der Waals surface area contributed by atoms with E-state index in [2.05, 4.69) is 20.2 Å². The molecule has 0 amide bonds. The Bertz CT molecular complexity index is 916. The number of aromatic nitrogens is 2. The number of benzene rings is 1. The Morgan fingerprint density at radius 1 is 1.08 bits per heavy atom. The maximum absolute atomic E-state index is 13.2. The van der Waals surface area contributed by atoms with E-state index in [4.69, 9.17) is 0 Å². The molecule has 8 heteroatoms. The number of hydrogen-bond donors (Lipinski definition) is 1. The van der Waals surface area contributed by atoms with Crippen molar-refractivity contribution in [2.75, 3.05) is 23.3 Å². The first-order valence-corrected chi connectivity index (χ1v) is 9.29. The Morgan fingerprint density at radius 2 is 1.85 bits per heavy atom. The number of hydrogen-bond acceptors (Lipinski definition) is 5. The third-order valence-corrected chi connectivity index (χ3v) is 5.36. The lowest BCUT2D eigenvalue weighted by atomic mass is 10.1. The molecule has 1 aromatic carbocycles. The minimum atomic E-state index is -4.37. The molecule has 4 rings (SSSR count). The van der Waals surface area contributed by atoms with E-state index < -0.39 is 11.7 Å². The van der Waals surface area contributed by atoms with Gasteiger partial charge in [0.2, 0.25) is 5.95 Å². The lowest BCUT2D eigenvalue weighted by molar-refractivity contribution is -0.138. The molecule has 2 aromatic heterocycles. The summed E-state index contributed by atoms with van der Waals surface area (Å²) in [5.41, 5.74) is 0.397. The molecular formula is C18H17F3N4S. The Kier molecular flexibility index (Phi) is 4.44. The highest BCUT2D eigenvalue weighted by atomic mass is 32.1. The average Bonchev–Trinajstić information content (AvgIpc) is 3.30. The van der Waals surface area contributed by atoms with Crippen molar-refractivity contribution in [1.29, 1.82) is 0 Å². The van der Waals surface area contributed by atoms with Crippen molar-refractivity contribution in [1.82, 2.24) is 9.97 Å². The van der Waals surface area contributed by atoms with Crippen molar-refractivity contribution >= 4 is 33.3 Å². The Labute approximate surface area is 152 Å². The summed E-state index contributed by atoms with van der Waals surface area (Å²) in [4.78, 5) is 11.3. The van der Waals surface area contributed by atoms with E-state index in [0.29, 0.717) is 11.8 Å². The average molecular weight is 378 g/mol. The van der Waals surface area contributed by atoms with Crippen LogP contribution in [0.2, 0.25) is 0 Å². The summed E-state index contributed by atoms with van der Waals surface area (Å²) in [5, 5.41) is 5.02. The Balaban J connectivity index is 1.64. The van der Waals surface area contributed by atoms with Crippen molar-refractivity contribution in [2.45, 2.75) is 25.6 Å². The molecule has 26 heavy (non-hydrogen) atoms. The second kappa shape index (κ2) is 6.75. The van der Waals surface area contributed by atoms with Gasteiger partial charge in [0.1, 0.15) is 5.82 Å². The standard InChI is InChI=1S/C18H17F3N4S/c19-18(20,21)13-6-2-1-5-12(13)11-22-16-15-14(7-10-26-15)23-17(24-16)25-8-3-4-9-25/h1-2,5-7,10H,3-4,8-9,11H2,(H,22,23,24). The summed E-state index contributed by atoms with van der Waals surface area (Å²) in [7, 11) is 0. The number of alkyl halides is 3. The molecule has 0 aliphatic carbocycles. The molecule has 0 unspecified atom stereocenters. The van der Waals surface area contributed by atoms with Crippen molar-refractivity contribution in [3.8, 4) is 0 Å². The summed E-state index contributed by atoms with van der Waals surface area (Å²) in [5.74, 6) is 1.23. The first kappa shape index (κ1) is 17.1. The molecule has 0 bridgehead atoms. The van der Waals surface area contributed by atoms with Crippen molar-refractivity contribution in [3.05, 3.63) is 46.8 Å². The maximum atomic E-state index is 13.2. The first-order chi connectivity index (χ1) is 12.5. The molecule has 3 aromatic rings. The van der Waals surface area contributed by atoms with Crippen LogP contribution in [0.25, 0.3) is 10.2 Å². The van der Waals surface area contributed by atoms with Crippen LogP contribution in [0.3, 0.4) is 0 Å². The molecule has 0 radical (unpaired) electrons. The van der Waals surface area contributed by atoms with Crippen LogP contribution in [0.15, 0.2) is 35.7 Å². The Morgan fingerprint density at radius 3 is 2.62 bits per heavy atom.